The molecule has 1 aliphatic rings. The molecule has 1 fully saturated rings. The SMILES string of the molecule is Cc1noc(C)c1CSc1ncccc1C(=O)OC1CCCCC1. The zero-order valence-electron chi connectivity index (χ0n) is 14.1. The zero-order valence-corrected chi connectivity index (χ0v) is 14.9. The summed E-state index contributed by atoms with van der Waals surface area (Å²) in [6.07, 6.45) is 7.19. The molecular weight excluding hydrogens is 324 g/mol. The normalized spacial score (nSPS) is 15.4. The summed E-state index contributed by atoms with van der Waals surface area (Å²) in [7, 11) is 0. The average molecular weight is 346 g/mol. The molecule has 128 valence electrons. The van der Waals surface area contributed by atoms with E-state index in [4.69, 9.17) is 9.26 Å². The molecule has 0 spiro atoms. The number of carbonyl (C=O) groups excluding carboxylic acids is 1. The van der Waals surface area contributed by atoms with E-state index in [1.165, 1.54) is 18.2 Å². The highest BCUT2D eigenvalue weighted by atomic mass is 32.2. The second kappa shape index (κ2) is 7.83. The van der Waals surface area contributed by atoms with Crippen LogP contribution in [0, 0.1) is 13.8 Å². The maximum atomic E-state index is 12.5. The number of hydrogen-bond acceptors (Lipinski definition) is 6. The van der Waals surface area contributed by atoms with Gasteiger partial charge in [0.2, 0.25) is 0 Å². The van der Waals surface area contributed by atoms with Crippen molar-refractivity contribution in [1.82, 2.24) is 10.1 Å². The van der Waals surface area contributed by atoms with Gasteiger partial charge in [-0.05, 0) is 51.7 Å². The van der Waals surface area contributed by atoms with Crippen LogP contribution in [0.4, 0.5) is 0 Å². The molecule has 0 atom stereocenters. The number of nitrogens with zero attached hydrogens (tertiary/aromatic N) is 2. The van der Waals surface area contributed by atoms with Crippen LogP contribution in [0.15, 0.2) is 27.9 Å². The number of carbonyl (C=O) groups is 1. The summed E-state index contributed by atoms with van der Waals surface area (Å²) in [5.41, 5.74) is 2.47. The minimum atomic E-state index is -0.267. The molecular formula is C18H22N2O3S. The van der Waals surface area contributed by atoms with Crippen LogP contribution in [0.1, 0.15) is 59.5 Å². The summed E-state index contributed by atoms with van der Waals surface area (Å²) < 4.78 is 10.9. The smallest absolute Gasteiger partial charge is 0.341 e. The minimum absolute atomic E-state index is 0.0480. The van der Waals surface area contributed by atoms with Gasteiger partial charge in [0.25, 0.3) is 0 Å². The van der Waals surface area contributed by atoms with Crippen LogP contribution in [-0.2, 0) is 10.5 Å². The molecule has 24 heavy (non-hydrogen) atoms. The Labute approximate surface area is 146 Å². The molecule has 0 amide bonds. The molecule has 1 aliphatic carbocycles. The molecule has 0 aromatic carbocycles. The van der Waals surface area contributed by atoms with Crippen molar-refractivity contribution in [3.8, 4) is 0 Å². The number of rotatable bonds is 5. The van der Waals surface area contributed by atoms with Crippen molar-refractivity contribution >= 4 is 17.7 Å². The van der Waals surface area contributed by atoms with Crippen LogP contribution < -0.4 is 0 Å². The lowest BCUT2D eigenvalue weighted by Crippen LogP contribution is -2.21. The van der Waals surface area contributed by atoms with E-state index in [9.17, 15) is 4.79 Å². The first-order valence-electron chi connectivity index (χ1n) is 8.35. The van der Waals surface area contributed by atoms with Crippen LogP contribution in [0.2, 0.25) is 0 Å². The largest absolute Gasteiger partial charge is 0.459 e. The van der Waals surface area contributed by atoms with Crippen molar-refractivity contribution in [2.45, 2.75) is 62.8 Å². The molecule has 0 bridgehead atoms. The fraction of sp³-hybridized carbons (Fsp3) is 0.500. The lowest BCUT2D eigenvalue weighted by Gasteiger charge is -2.22. The number of thioether (sulfide) groups is 1. The van der Waals surface area contributed by atoms with E-state index in [-0.39, 0.29) is 12.1 Å². The van der Waals surface area contributed by atoms with Crippen LogP contribution in [0.5, 0.6) is 0 Å². The first-order valence-corrected chi connectivity index (χ1v) is 9.34. The molecule has 3 rings (SSSR count). The Bertz CT molecular complexity index is 689. The fourth-order valence-corrected chi connectivity index (χ4v) is 4.04. The standard InChI is InChI=1S/C18H22N2O3S/c1-12-16(13(2)23-20-12)11-24-17-15(9-6-10-19-17)18(21)22-14-7-4-3-5-8-14/h6,9-10,14H,3-5,7-8,11H2,1-2H3. The second-order valence-corrected chi connectivity index (χ2v) is 7.08. The molecule has 5 nitrogen and oxygen atoms in total. The molecule has 0 N–H and O–H groups in total. The molecule has 6 heteroatoms. The van der Waals surface area contributed by atoms with E-state index >= 15 is 0 Å². The highest BCUT2D eigenvalue weighted by molar-refractivity contribution is 7.98. The maximum absolute atomic E-state index is 12.5. The van der Waals surface area contributed by atoms with E-state index in [2.05, 4.69) is 10.1 Å². The van der Waals surface area contributed by atoms with Crippen molar-refractivity contribution in [3.63, 3.8) is 0 Å². The second-order valence-electron chi connectivity index (χ2n) is 6.11. The Morgan fingerprint density at radius 3 is 2.83 bits per heavy atom. The summed E-state index contributed by atoms with van der Waals surface area (Å²) in [6, 6.07) is 3.56. The molecule has 2 aromatic rings. The third-order valence-corrected chi connectivity index (χ3v) is 5.38. The van der Waals surface area contributed by atoms with Crippen LogP contribution in [0.3, 0.4) is 0 Å². The Morgan fingerprint density at radius 2 is 2.12 bits per heavy atom. The summed E-state index contributed by atoms with van der Waals surface area (Å²) in [5.74, 6) is 1.21. The van der Waals surface area contributed by atoms with E-state index in [1.54, 1.807) is 18.3 Å². The Kier molecular flexibility index (Phi) is 5.56. The van der Waals surface area contributed by atoms with Crippen molar-refractivity contribution in [2.24, 2.45) is 0 Å². The van der Waals surface area contributed by atoms with Gasteiger partial charge in [0.05, 0.1) is 11.3 Å². The third-order valence-electron chi connectivity index (χ3n) is 4.35. The summed E-state index contributed by atoms with van der Waals surface area (Å²) in [4.78, 5) is 16.9. The van der Waals surface area contributed by atoms with E-state index in [0.717, 1.165) is 42.7 Å². The monoisotopic (exact) mass is 346 g/mol. The first kappa shape index (κ1) is 17.0. The summed E-state index contributed by atoms with van der Waals surface area (Å²) >= 11 is 1.51. The van der Waals surface area contributed by atoms with Gasteiger partial charge in [-0.3, -0.25) is 0 Å². The third kappa shape index (κ3) is 3.98. The van der Waals surface area contributed by atoms with E-state index in [0.29, 0.717) is 16.3 Å². The molecule has 2 aromatic heterocycles. The molecule has 0 saturated heterocycles. The van der Waals surface area contributed by atoms with Gasteiger partial charge in [0.1, 0.15) is 16.9 Å². The van der Waals surface area contributed by atoms with Gasteiger partial charge < -0.3 is 9.26 Å². The van der Waals surface area contributed by atoms with Crippen LogP contribution in [0.25, 0.3) is 0 Å². The van der Waals surface area contributed by atoms with Gasteiger partial charge in [-0.25, -0.2) is 9.78 Å². The summed E-state index contributed by atoms with van der Waals surface area (Å²) in [5, 5.41) is 4.66. The number of ether oxygens (including phenoxy) is 1. The van der Waals surface area contributed by atoms with Gasteiger partial charge in [0, 0.05) is 17.5 Å². The highest BCUT2D eigenvalue weighted by Gasteiger charge is 2.21. The lowest BCUT2D eigenvalue weighted by atomic mass is 9.98. The summed E-state index contributed by atoms with van der Waals surface area (Å²) in [6.45, 7) is 3.82. The zero-order chi connectivity index (χ0) is 16.9. The van der Waals surface area contributed by atoms with Gasteiger partial charge in [-0.1, -0.05) is 11.6 Å². The first-order chi connectivity index (χ1) is 11.6. The quantitative estimate of drug-likeness (QED) is 0.588. The molecule has 1 saturated carbocycles. The fourth-order valence-electron chi connectivity index (χ4n) is 2.91. The topological polar surface area (TPSA) is 65.2 Å². The molecule has 0 unspecified atom stereocenters. The molecule has 0 aliphatic heterocycles. The van der Waals surface area contributed by atoms with Crippen molar-refractivity contribution in [1.29, 1.82) is 0 Å². The van der Waals surface area contributed by atoms with Crippen molar-refractivity contribution in [2.75, 3.05) is 0 Å². The Hall–Kier alpha value is -1.82. The van der Waals surface area contributed by atoms with Gasteiger partial charge in [-0.2, -0.15) is 0 Å². The number of esters is 1. The number of aromatic nitrogens is 2. The number of hydrogen-bond donors (Lipinski definition) is 0. The highest BCUT2D eigenvalue weighted by Crippen LogP contribution is 2.28. The van der Waals surface area contributed by atoms with Gasteiger partial charge in [-0.15, -0.1) is 11.8 Å². The predicted octanol–water partition coefficient (Wildman–Crippen LogP) is 4.47. The van der Waals surface area contributed by atoms with Crippen molar-refractivity contribution < 1.29 is 14.1 Å². The lowest BCUT2D eigenvalue weighted by molar-refractivity contribution is 0.0206. The molecule has 2 heterocycles. The molecule has 0 radical (unpaired) electrons. The Balaban J connectivity index is 1.69. The number of aryl methyl sites for hydroxylation is 2. The van der Waals surface area contributed by atoms with Gasteiger partial charge in [0.15, 0.2) is 0 Å². The van der Waals surface area contributed by atoms with Crippen molar-refractivity contribution in [3.05, 3.63) is 40.9 Å². The minimum Gasteiger partial charge on any atom is -0.459 e. The van der Waals surface area contributed by atoms with Gasteiger partial charge >= 0.3 is 5.97 Å². The van der Waals surface area contributed by atoms with Crippen LogP contribution in [-0.4, -0.2) is 22.2 Å². The Morgan fingerprint density at radius 1 is 1.33 bits per heavy atom. The van der Waals surface area contributed by atoms with E-state index in [1.807, 2.05) is 13.8 Å². The average Bonchev–Trinajstić information content (AvgIpc) is 2.92. The van der Waals surface area contributed by atoms with Crippen LogP contribution >= 0.6 is 11.8 Å². The van der Waals surface area contributed by atoms with E-state index < -0.39 is 0 Å². The predicted molar refractivity (Wildman–Crippen MR) is 92.1 cm³/mol. The number of pyridine rings is 1. The maximum Gasteiger partial charge on any atom is 0.341 e.